The normalized spacial score (nSPS) is 12.5. The Hall–Kier alpha value is -2.68. The molecule has 1 aromatic heterocycles. The summed E-state index contributed by atoms with van der Waals surface area (Å²) < 4.78 is 36.1. The summed E-state index contributed by atoms with van der Waals surface area (Å²) in [6.07, 6.45) is 2.94. The van der Waals surface area contributed by atoms with E-state index >= 15 is 0 Å². The monoisotopic (exact) mass is 448 g/mol. The van der Waals surface area contributed by atoms with Crippen LogP contribution in [0, 0.1) is 6.92 Å². The molecular weight excluding hydrogens is 428 g/mol. The highest BCUT2D eigenvalue weighted by Gasteiger charge is 2.19. The van der Waals surface area contributed by atoms with Gasteiger partial charge in [-0.2, -0.15) is 8.42 Å². The molecule has 1 atom stereocenters. The second-order valence-electron chi connectivity index (χ2n) is 6.64. The van der Waals surface area contributed by atoms with Crippen molar-refractivity contribution in [2.75, 3.05) is 13.2 Å². The molecule has 0 saturated heterocycles. The molecule has 158 valence electrons. The number of hydrogen-bond donors (Lipinski definition) is 0. The number of halogens is 1. The lowest BCUT2D eigenvalue weighted by Crippen LogP contribution is -2.18. The average molecular weight is 449 g/mol. The molecule has 2 aromatic carbocycles. The number of carbonyl (C=O) groups excluding carboxylic acids is 1. The van der Waals surface area contributed by atoms with E-state index in [-0.39, 0.29) is 29.8 Å². The van der Waals surface area contributed by atoms with Gasteiger partial charge in [-0.05, 0) is 43.7 Å². The Labute approximate surface area is 180 Å². The van der Waals surface area contributed by atoms with E-state index in [4.69, 9.17) is 20.5 Å². The van der Waals surface area contributed by atoms with Gasteiger partial charge in [-0.1, -0.05) is 41.4 Å². The maximum atomic E-state index is 12.4. The molecule has 0 amide bonds. The van der Waals surface area contributed by atoms with Crippen molar-refractivity contribution in [3.8, 4) is 0 Å². The lowest BCUT2D eigenvalue weighted by molar-refractivity contribution is 0.0439. The van der Waals surface area contributed by atoms with Gasteiger partial charge >= 0.3 is 5.97 Å². The highest BCUT2D eigenvalue weighted by atomic mass is 35.5. The van der Waals surface area contributed by atoms with Crippen molar-refractivity contribution < 1.29 is 22.1 Å². The summed E-state index contributed by atoms with van der Waals surface area (Å²) in [5.74, 6) is -0.621. The molecule has 0 radical (unpaired) electrons. The van der Waals surface area contributed by atoms with Crippen LogP contribution in [0.5, 0.6) is 0 Å². The molecule has 1 heterocycles. The maximum absolute atomic E-state index is 12.4. The first-order valence-electron chi connectivity index (χ1n) is 9.18. The summed E-state index contributed by atoms with van der Waals surface area (Å²) in [7, 11) is -3.91. The second kappa shape index (κ2) is 9.42. The molecule has 0 aliphatic carbocycles. The van der Waals surface area contributed by atoms with Crippen molar-refractivity contribution in [1.29, 1.82) is 0 Å². The third-order valence-electron chi connectivity index (χ3n) is 4.51. The lowest BCUT2D eigenvalue weighted by Gasteiger charge is -2.16. The number of aryl methyl sites for hydroxylation is 1. The number of esters is 1. The van der Waals surface area contributed by atoms with E-state index in [1.807, 2.05) is 26.0 Å². The molecule has 3 aromatic rings. The number of rotatable bonds is 8. The summed E-state index contributed by atoms with van der Waals surface area (Å²) in [6, 6.07) is 13.4. The van der Waals surface area contributed by atoms with Gasteiger partial charge in [0.05, 0.1) is 23.5 Å². The molecule has 0 unspecified atom stereocenters. The molecule has 0 spiro atoms. The Bertz CT molecular complexity index is 1110. The lowest BCUT2D eigenvalue weighted by atomic mass is 10.1. The molecule has 0 fully saturated rings. The molecule has 0 bridgehead atoms. The van der Waals surface area contributed by atoms with Crippen molar-refractivity contribution in [2.24, 2.45) is 0 Å². The number of aromatic nitrogens is 2. The fourth-order valence-corrected chi connectivity index (χ4v) is 3.82. The van der Waals surface area contributed by atoms with Gasteiger partial charge in [0.2, 0.25) is 0 Å². The number of nitrogens with zero attached hydrogens (tertiary/aromatic N) is 2. The van der Waals surface area contributed by atoms with Crippen LogP contribution in [0.4, 0.5) is 0 Å². The zero-order valence-corrected chi connectivity index (χ0v) is 18.1. The van der Waals surface area contributed by atoms with Gasteiger partial charge in [-0.25, -0.2) is 9.78 Å². The Morgan fingerprint density at radius 2 is 1.77 bits per heavy atom. The maximum Gasteiger partial charge on any atom is 0.356 e. The number of ether oxygens (including phenoxy) is 1. The number of imidazole rings is 1. The first kappa shape index (κ1) is 22.0. The molecule has 0 saturated carbocycles. The van der Waals surface area contributed by atoms with Gasteiger partial charge in [-0.3, -0.25) is 4.18 Å². The van der Waals surface area contributed by atoms with E-state index in [0.29, 0.717) is 5.02 Å². The van der Waals surface area contributed by atoms with Gasteiger partial charge in [0, 0.05) is 5.02 Å². The van der Waals surface area contributed by atoms with Gasteiger partial charge < -0.3 is 9.30 Å². The molecule has 0 aliphatic rings. The van der Waals surface area contributed by atoms with Gasteiger partial charge in [0.1, 0.15) is 18.9 Å². The third kappa shape index (κ3) is 5.27. The van der Waals surface area contributed by atoms with Crippen molar-refractivity contribution >= 4 is 27.7 Å². The Morgan fingerprint density at radius 3 is 2.43 bits per heavy atom. The van der Waals surface area contributed by atoms with Crippen LogP contribution in [-0.4, -0.2) is 37.2 Å². The minimum absolute atomic E-state index is 0.0503. The molecule has 7 nitrogen and oxygen atoms in total. The minimum atomic E-state index is -3.91. The van der Waals surface area contributed by atoms with Crippen LogP contribution in [0.1, 0.15) is 34.6 Å². The van der Waals surface area contributed by atoms with Crippen molar-refractivity contribution in [1.82, 2.24) is 9.55 Å². The molecule has 0 aliphatic heterocycles. The Kier molecular flexibility index (Phi) is 6.91. The van der Waals surface area contributed by atoms with E-state index in [0.717, 1.165) is 11.1 Å². The first-order chi connectivity index (χ1) is 14.3. The molecule has 9 heteroatoms. The number of carbonyl (C=O) groups is 1. The predicted octanol–water partition coefficient (Wildman–Crippen LogP) is 4.02. The summed E-state index contributed by atoms with van der Waals surface area (Å²) in [5, 5.41) is 0.622. The largest absolute Gasteiger partial charge is 0.458 e. The van der Waals surface area contributed by atoms with Crippen molar-refractivity contribution in [3.05, 3.63) is 82.9 Å². The third-order valence-corrected chi connectivity index (χ3v) is 6.09. The van der Waals surface area contributed by atoms with E-state index in [1.54, 1.807) is 28.8 Å². The van der Waals surface area contributed by atoms with Crippen LogP contribution in [0.3, 0.4) is 0 Å². The van der Waals surface area contributed by atoms with E-state index in [9.17, 15) is 13.2 Å². The summed E-state index contributed by atoms with van der Waals surface area (Å²) >= 11 is 5.92. The first-order valence-corrected chi connectivity index (χ1v) is 11.0. The van der Waals surface area contributed by atoms with Crippen LogP contribution in [0.15, 0.2) is 66.0 Å². The Morgan fingerprint density at radius 1 is 1.10 bits per heavy atom. The minimum Gasteiger partial charge on any atom is -0.458 e. The van der Waals surface area contributed by atoms with Crippen LogP contribution < -0.4 is 0 Å². The van der Waals surface area contributed by atoms with Crippen LogP contribution in [0.25, 0.3) is 0 Å². The van der Waals surface area contributed by atoms with E-state index in [2.05, 4.69) is 4.98 Å². The SMILES string of the molecule is Cc1ccc(S(=O)(=O)OCCOC(=O)c2cncn2[C@H](C)c2ccc(Cl)cc2)cc1. The quantitative estimate of drug-likeness (QED) is 0.294. The summed E-state index contributed by atoms with van der Waals surface area (Å²) in [6.45, 7) is 3.27. The van der Waals surface area contributed by atoms with E-state index < -0.39 is 16.1 Å². The topological polar surface area (TPSA) is 87.5 Å². The summed E-state index contributed by atoms with van der Waals surface area (Å²) in [4.78, 5) is 16.5. The standard InChI is InChI=1S/C21H21ClN2O5S/c1-15-3-9-19(10-4-15)30(26,27)29-12-11-28-21(25)20-13-23-14-24(20)16(2)17-5-7-18(22)8-6-17/h3-10,13-14,16H,11-12H2,1-2H3/t16-/m1/s1. The van der Waals surface area contributed by atoms with Crippen LogP contribution in [0.2, 0.25) is 5.02 Å². The molecule has 30 heavy (non-hydrogen) atoms. The van der Waals surface area contributed by atoms with Gasteiger partial charge in [0.25, 0.3) is 10.1 Å². The Balaban J connectivity index is 1.58. The average Bonchev–Trinajstić information content (AvgIpc) is 3.21. The highest BCUT2D eigenvalue weighted by molar-refractivity contribution is 7.86. The number of benzene rings is 2. The van der Waals surface area contributed by atoms with Crippen molar-refractivity contribution in [3.63, 3.8) is 0 Å². The second-order valence-corrected chi connectivity index (χ2v) is 8.69. The fraction of sp³-hybridized carbons (Fsp3) is 0.238. The van der Waals surface area contributed by atoms with Crippen LogP contribution >= 0.6 is 11.6 Å². The van der Waals surface area contributed by atoms with E-state index in [1.165, 1.54) is 24.7 Å². The van der Waals surface area contributed by atoms with Crippen LogP contribution in [-0.2, 0) is 19.0 Å². The smallest absolute Gasteiger partial charge is 0.356 e. The molecule has 3 rings (SSSR count). The molecular formula is C21H21ClN2O5S. The zero-order chi connectivity index (χ0) is 21.7. The van der Waals surface area contributed by atoms with Crippen molar-refractivity contribution in [2.45, 2.75) is 24.8 Å². The highest BCUT2D eigenvalue weighted by Crippen LogP contribution is 2.22. The fourth-order valence-electron chi connectivity index (χ4n) is 2.80. The number of hydrogen-bond acceptors (Lipinski definition) is 6. The van der Waals surface area contributed by atoms with Gasteiger partial charge in [-0.15, -0.1) is 0 Å². The summed E-state index contributed by atoms with van der Waals surface area (Å²) in [5.41, 5.74) is 2.13. The van der Waals surface area contributed by atoms with Gasteiger partial charge in [0.15, 0.2) is 0 Å². The zero-order valence-electron chi connectivity index (χ0n) is 16.5. The predicted molar refractivity (Wildman–Crippen MR) is 112 cm³/mol. The molecule has 0 N–H and O–H groups in total.